The number of amides is 1. The molecule has 1 aromatic heterocycles. The van der Waals surface area contributed by atoms with Crippen molar-refractivity contribution in [2.75, 3.05) is 17.7 Å². The second kappa shape index (κ2) is 7.34. The zero-order valence-corrected chi connectivity index (χ0v) is 17.0. The minimum atomic E-state index is -0.622. The first-order valence-corrected chi connectivity index (χ1v) is 10.4. The first kappa shape index (κ1) is 19.7. The van der Waals surface area contributed by atoms with E-state index in [9.17, 15) is 19.7 Å². The number of anilines is 1. The van der Waals surface area contributed by atoms with Crippen LogP contribution >= 0.6 is 11.8 Å². The van der Waals surface area contributed by atoms with Crippen LogP contribution in [0.2, 0.25) is 0 Å². The summed E-state index contributed by atoms with van der Waals surface area (Å²) >= 11 is 1.22. The van der Waals surface area contributed by atoms with E-state index < -0.39 is 10.2 Å². The largest absolute Gasteiger partial charge is 0.375 e. The molecule has 1 saturated heterocycles. The van der Waals surface area contributed by atoms with Crippen LogP contribution in [0.1, 0.15) is 49.1 Å². The van der Waals surface area contributed by atoms with Gasteiger partial charge in [-0.3, -0.25) is 29.5 Å². The Morgan fingerprint density at radius 3 is 2.79 bits per heavy atom. The summed E-state index contributed by atoms with van der Waals surface area (Å²) in [5, 5.41) is 16.6. The Balaban J connectivity index is 1.85. The van der Waals surface area contributed by atoms with Crippen LogP contribution in [0, 0.1) is 10.1 Å². The van der Waals surface area contributed by atoms with E-state index in [0.29, 0.717) is 36.4 Å². The Hall–Kier alpha value is -2.59. The van der Waals surface area contributed by atoms with Gasteiger partial charge in [0.25, 0.3) is 11.2 Å². The average molecular weight is 418 g/mol. The van der Waals surface area contributed by atoms with Crippen LogP contribution in [0.15, 0.2) is 29.1 Å². The van der Waals surface area contributed by atoms with Gasteiger partial charge in [-0.25, -0.2) is 0 Å². The van der Waals surface area contributed by atoms with Crippen molar-refractivity contribution in [3.8, 4) is 0 Å². The summed E-state index contributed by atoms with van der Waals surface area (Å²) in [5.74, 6) is 0.261. The number of carbonyl (C=O) groups is 1. The van der Waals surface area contributed by atoms with Crippen molar-refractivity contribution >= 4 is 29.2 Å². The minimum Gasteiger partial charge on any atom is -0.375 e. The molecule has 0 aliphatic carbocycles. The Labute approximate surface area is 170 Å². The van der Waals surface area contributed by atoms with Crippen LogP contribution in [0.5, 0.6) is 0 Å². The van der Waals surface area contributed by atoms with E-state index in [1.165, 1.54) is 17.8 Å². The van der Waals surface area contributed by atoms with Crippen LogP contribution in [-0.2, 0) is 9.53 Å². The predicted octanol–water partition coefficient (Wildman–Crippen LogP) is 2.99. The summed E-state index contributed by atoms with van der Waals surface area (Å²) in [7, 11) is 0. The summed E-state index contributed by atoms with van der Waals surface area (Å²) in [5.41, 5.74) is -0.0000199. The van der Waals surface area contributed by atoms with E-state index in [4.69, 9.17) is 4.74 Å². The molecule has 3 heterocycles. The molecule has 9 nitrogen and oxygen atoms in total. The molecule has 4 rings (SSSR count). The molecular weight excluding hydrogens is 396 g/mol. The first-order chi connectivity index (χ1) is 13.8. The summed E-state index contributed by atoms with van der Waals surface area (Å²) in [4.78, 5) is 36.5. The molecular formula is C19H22N4O5S. The summed E-state index contributed by atoms with van der Waals surface area (Å²) < 4.78 is 7.49. The van der Waals surface area contributed by atoms with Gasteiger partial charge in [-0.15, -0.1) is 11.8 Å². The summed E-state index contributed by atoms with van der Waals surface area (Å²) in [6, 6.07) is 6.30. The van der Waals surface area contributed by atoms with Gasteiger partial charge in [0.05, 0.1) is 33.1 Å². The number of fused-ring (bicyclic) bond motifs is 1. The van der Waals surface area contributed by atoms with E-state index in [2.05, 4.69) is 10.4 Å². The monoisotopic (exact) mass is 418 g/mol. The van der Waals surface area contributed by atoms with Gasteiger partial charge in [0, 0.05) is 18.2 Å². The van der Waals surface area contributed by atoms with Gasteiger partial charge >= 0.3 is 0 Å². The maximum absolute atomic E-state index is 13.0. The Morgan fingerprint density at radius 2 is 2.07 bits per heavy atom. The van der Waals surface area contributed by atoms with Gasteiger partial charge in [0.1, 0.15) is 5.82 Å². The molecule has 2 aromatic rings. The van der Waals surface area contributed by atoms with E-state index >= 15 is 0 Å². The van der Waals surface area contributed by atoms with Crippen LogP contribution < -0.4 is 10.9 Å². The smallest absolute Gasteiger partial charge is 0.274 e. The molecule has 0 saturated carbocycles. The number of hydrogen-bond acceptors (Lipinski definition) is 6. The van der Waals surface area contributed by atoms with Crippen molar-refractivity contribution in [1.82, 2.24) is 9.78 Å². The number of nitrogens with one attached hydrogen (secondary N) is 2. The lowest BCUT2D eigenvalue weighted by atomic mass is 9.94. The lowest BCUT2D eigenvalue weighted by Crippen LogP contribution is -2.36. The van der Waals surface area contributed by atoms with Gasteiger partial charge in [-0.05, 0) is 26.7 Å². The molecule has 154 valence electrons. The second-order valence-corrected chi connectivity index (χ2v) is 8.98. The van der Waals surface area contributed by atoms with Gasteiger partial charge in [-0.1, -0.05) is 18.2 Å². The number of thioether (sulfide) groups is 1. The number of ether oxygens (including phenoxy) is 1. The highest BCUT2D eigenvalue weighted by atomic mass is 32.2. The summed E-state index contributed by atoms with van der Waals surface area (Å²) in [6.07, 6.45) is 1.36. The Morgan fingerprint density at radius 1 is 1.31 bits per heavy atom. The predicted molar refractivity (Wildman–Crippen MR) is 109 cm³/mol. The second-order valence-electron chi connectivity index (χ2n) is 7.88. The molecule has 2 aliphatic rings. The molecule has 29 heavy (non-hydrogen) atoms. The van der Waals surface area contributed by atoms with Crippen molar-refractivity contribution in [2.45, 2.75) is 43.6 Å². The number of aromatic amines is 1. The van der Waals surface area contributed by atoms with Crippen molar-refractivity contribution in [3.05, 3.63) is 55.9 Å². The highest BCUT2D eigenvalue weighted by Crippen LogP contribution is 2.44. The van der Waals surface area contributed by atoms with Crippen LogP contribution in [-0.4, -0.2) is 38.6 Å². The lowest BCUT2D eigenvalue weighted by molar-refractivity contribution is -0.385. The fourth-order valence-corrected chi connectivity index (χ4v) is 5.21. The van der Waals surface area contributed by atoms with Crippen molar-refractivity contribution in [1.29, 1.82) is 0 Å². The van der Waals surface area contributed by atoms with E-state index in [1.807, 2.05) is 13.8 Å². The third kappa shape index (κ3) is 3.69. The highest BCUT2D eigenvalue weighted by Gasteiger charge is 2.37. The fraction of sp³-hybridized carbons (Fsp3) is 0.474. The maximum atomic E-state index is 13.0. The molecule has 10 heteroatoms. The lowest BCUT2D eigenvalue weighted by Gasteiger charge is -2.36. The van der Waals surface area contributed by atoms with E-state index in [-0.39, 0.29) is 34.5 Å². The quantitative estimate of drug-likeness (QED) is 0.584. The molecule has 1 amide bonds. The molecule has 2 atom stereocenters. The number of nitro benzene ring substituents is 1. The van der Waals surface area contributed by atoms with Gasteiger partial charge < -0.3 is 10.1 Å². The average Bonchev–Trinajstić information content (AvgIpc) is 2.87. The number of benzene rings is 1. The zero-order chi connectivity index (χ0) is 20.8. The van der Waals surface area contributed by atoms with Crippen LogP contribution in [0.3, 0.4) is 0 Å². The molecule has 0 radical (unpaired) electrons. The Bertz CT molecular complexity index is 1030. The fourth-order valence-electron chi connectivity index (χ4n) is 4.06. The number of carbonyl (C=O) groups excluding carboxylic acids is 1. The number of para-hydroxylation sites is 1. The molecule has 2 N–H and O–H groups in total. The topological polar surface area (TPSA) is 119 Å². The zero-order valence-electron chi connectivity index (χ0n) is 16.1. The normalized spacial score (nSPS) is 23.7. The molecule has 2 aliphatic heterocycles. The van der Waals surface area contributed by atoms with E-state index in [1.54, 1.807) is 22.9 Å². The maximum Gasteiger partial charge on any atom is 0.274 e. The van der Waals surface area contributed by atoms with Crippen molar-refractivity contribution < 1.29 is 14.5 Å². The van der Waals surface area contributed by atoms with Gasteiger partial charge in [0.15, 0.2) is 0 Å². The van der Waals surface area contributed by atoms with E-state index in [0.717, 1.165) is 0 Å². The number of H-pyrrole nitrogens is 1. The van der Waals surface area contributed by atoms with Gasteiger partial charge in [-0.2, -0.15) is 0 Å². The molecule has 0 bridgehead atoms. The number of rotatable bonds is 3. The number of nitro groups is 1. The summed E-state index contributed by atoms with van der Waals surface area (Å²) in [6.45, 7) is 4.52. The Kier molecular flexibility index (Phi) is 4.99. The van der Waals surface area contributed by atoms with Crippen molar-refractivity contribution in [3.63, 3.8) is 0 Å². The molecule has 0 unspecified atom stereocenters. The minimum absolute atomic E-state index is 0.0509. The third-order valence-corrected chi connectivity index (χ3v) is 6.57. The van der Waals surface area contributed by atoms with Crippen LogP contribution in [0.4, 0.5) is 11.5 Å². The standard InChI is InChI=1S/C19H22N4O5S/c1-19(2)9-11(7-8-28-19)22-17-15(18(25)21-22)16(29-10-14(24)20-17)12-5-3-4-6-13(12)23(26)27/h3-6,11,16H,7-10H2,1-2H3,(H,20,24)(H,21,25)/t11-,16+/m1/s1. The molecule has 1 fully saturated rings. The third-order valence-electron chi connectivity index (χ3n) is 5.32. The number of aromatic nitrogens is 2. The SMILES string of the molecule is CC1(C)C[C@H](n2[nH]c(=O)c3c2NC(=O)CS[C@H]3c2ccccc2[N+](=O)[O-])CCO1. The van der Waals surface area contributed by atoms with Gasteiger partial charge in [0.2, 0.25) is 5.91 Å². The molecule has 1 aromatic carbocycles. The number of nitrogens with zero attached hydrogens (tertiary/aromatic N) is 2. The van der Waals surface area contributed by atoms with Crippen molar-refractivity contribution in [2.24, 2.45) is 0 Å². The van der Waals surface area contributed by atoms with Crippen LogP contribution in [0.25, 0.3) is 0 Å². The molecule has 0 spiro atoms. The highest BCUT2D eigenvalue weighted by molar-refractivity contribution is 8.00. The number of hydrogen-bond donors (Lipinski definition) is 2. The first-order valence-electron chi connectivity index (χ1n) is 9.40.